The molecule has 16 heavy (non-hydrogen) atoms. The first-order valence-electron chi connectivity index (χ1n) is 5.57. The maximum atomic E-state index is 9.48. The van der Waals surface area contributed by atoms with Crippen molar-refractivity contribution >= 4 is 26.8 Å². The van der Waals surface area contributed by atoms with Gasteiger partial charge in [-0.15, -0.1) is 0 Å². The smallest absolute Gasteiger partial charge is 0.0553 e. The van der Waals surface area contributed by atoms with Gasteiger partial charge < -0.3 is 9.67 Å². The van der Waals surface area contributed by atoms with E-state index in [0.717, 1.165) is 11.0 Å². The Bertz CT molecular complexity index is 502. The van der Waals surface area contributed by atoms with Gasteiger partial charge in [0, 0.05) is 34.5 Å². The minimum Gasteiger partial charge on any atom is -0.393 e. The molecule has 86 valence electrons. The molecule has 2 rings (SSSR count). The van der Waals surface area contributed by atoms with E-state index in [-0.39, 0.29) is 6.10 Å². The van der Waals surface area contributed by atoms with E-state index in [2.05, 4.69) is 45.8 Å². The van der Waals surface area contributed by atoms with Crippen LogP contribution in [0.2, 0.25) is 0 Å². The molecule has 1 aromatic carbocycles. The minimum atomic E-state index is -0.292. The Morgan fingerprint density at radius 3 is 2.81 bits per heavy atom. The molecule has 3 heteroatoms. The third-order valence-electron chi connectivity index (χ3n) is 2.78. The second kappa shape index (κ2) is 4.60. The number of fused-ring (bicyclic) bond motifs is 1. The highest BCUT2D eigenvalue weighted by Crippen LogP contribution is 2.25. The zero-order valence-electron chi connectivity index (χ0n) is 9.57. The summed E-state index contributed by atoms with van der Waals surface area (Å²) >= 11 is 3.49. The van der Waals surface area contributed by atoms with E-state index in [4.69, 9.17) is 0 Å². The molecular weight excluding hydrogens is 266 g/mol. The van der Waals surface area contributed by atoms with Crippen LogP contribution in [0.15, 0.2) is 28.9 Å². The first kappa shape index (κ1) is 11.7. The van der Waals surface area contributed by atoms with Crippen molar-refractivity contribution in [3.63, 3.8) is 0 Å². The van der Waals surface area contributed by atoms with Crippen LogP contribution < -0.4 is 0 Å². The number of aromatic nitrogens is 1. The Morgan fingerprint density at radius 1 is 1.44 bits per heavy atom. The van der Waals surface area contributed by atoms with Crippen molar-refractivity contribution in [2.75, 3.05) is 0 Å². The van der Waals surface area contributed by atoms with Crippen LogP contribution in [0.25, 0.3) is 10.9 Å². The van der Waals surface area contributed by atoms with Crippen molar-refractivity contribution in [2.24, 2.45) is 0 Å². The Balaban J connectivity index is 2.58. The summed E-state index contributed by atoms with van der Waals surface area (Å²) in [5, 5.41) is 10.7. The number of halogens is 1. The predicted molar refractivity (Wildman–Crippen MR) is 70.7 cm³/mol. The number of benzene rings is 1. The van der Waals surface area contributed by atoms with Gasteiger partial charge in [-0.05, 0) is 31.5 Å². The molecule has 1 aromatic heterocycles. The van der Waals surface area contributed by atoms with Crippen molar-refractivity contribution in [1.82, 2.24) is 4.57 Å². The number of aryl methyl sites for hydroxylation is 1. The van der Waals surface area contributed by atoms with E-state index in [0.29, 0.717) is 6.42 Å². The van der Waals surface area contributed by atoms with Crippen molar-refractivity contribution in [2.45, 2.75) is 32.9 Å². The van der Waals surface area contributed by atoms with Crippen molar-refractivity contribution in [3.8, 4) is 0 Å². The van der Waals surface area contributed by atoms with Crippen molar-refractivity contribution in [3.05, 3.63) is 34.4 Å². The molecule has 0 aliphatic carbocycles. The molecule has 2 nitrogen and oxygen atoms in total. The lowest BCUT2D eigenvalue weighted by Crippen LogP contribution is -2.03. The number of aliphatic hydroxyl groups excluding tert-OH is 1. The van der Waals surface area contributed by atoms with E-state index in [1.54, 1.807) is 0 Å². The molecule has 0 radical (unpaired) electrons. The normalized spacial score (nSPS) is 13.2. The summed E-state index contributed by atoms with van der Waals surface area (Å²) in [4.78, 5) is 0. The van der Waals surface area contributed by atoms with Crippen molar-refractivity contribution < 1.29 is 5.11 Å². The summed E-state index contributed by atoms with van der Waals surface area (Å²) in [5.74, 6) is 0. The van der Waals surface area contributed by atoms with Crippen LogP contribution in [0.5, 0.6) is 0 Å². The topological polar surface area (TPSA) is 25.2 Å². The fourth-order valence-corrected chi connectivity index (χ4v) is 2.43. The van der Waals surface area contributed by atoms with Crippen LogP contribution in [-0.2, 0) is 13.0 Å². The van der Waals surface area contributed by atoms with E-state index >= 15 is 0 Å². The van der Waals surface area contributed by atoms with E-state index in [1.807, 2.05) is 13.0 Å². The van der Waals surface area contributed by atoms with Crippen LogP contribution in [-0.4, -0.2) is 15.8 Å². The van der Waals surface area contributed by atoms with Gasteiger partial charge in [-0.25, -0.2) is 0 Å². The number of hydrogen-bond acceptors (Lipinski definition) is 1. The molecule has 1 unspecified atom stereocenters. The van der Waals surface area contributed by atoms with Crippen LogP contribution in [0, 0.1) is 0 Å². The molecule has 2 aromatic rings. The zero-order valence-corrected chi connectivity index (χ0v) is 11.2. The second-order valence-corrected chi connectivity index (χ2v) is 5.07. The molecule has 0 saturated heterocycles. The molecule has 0 amide bonds. The summed E-state index contributed by atoms with van der Waals surface area (Å²) in [6, 6.07) is 6.29. The van der Waals surface area contributed by atoms with Gasteiger partial charge in [0.25, 0.3) is 0 Å². The standard InChI is InChI=1S/C13H16BrNO/c1-3-15-8-10(6-9(2)16)12-5-4-11(14)7-13(12)15/h4-5,7-9,16H,3,6H2,1-2H3. The lowest BCUT2D eigenvalue weighted by Gasteiger charge is -2.01. The summed E-state index contributed by atoms with van der Waals surface area (Å²) in [7, 11) is 0. The highest BCUT2D eigenvalue weighted by Gasteiger charge is 2.09. The Kier molecular flexibility index (Phi) is 3.36. The third-order valence-corrected chi connectivity index (χ3v) is 3.28. The summed E-state index contributed by atoms with van der Waals surface area (Å²) in [5.41, 5.74) is 2.45. The van der Waals surface area contributed by atoms with Gasteiger partial charge in [-0.1, -0.05) is 22.0 Å². The molecule has 0 fully saturated rings. The van der Waals surface area contributed by atoms with E-state index < -0.39 is 0 Å². The number of hydrogen-bond donors (Lipinski definition) is 1. The van der Waals surface area contributed by atoms with Gasteiger partial charge in [0.2, 0.25) is 0 Å². The molecule has 1 N–H and O–H groups in total. The maximum Gasteiger partial charge on any atom is 0.0553 e. The van der Waals surface area contributed by atoms with Gasteiger partial charge >= 0.3 is 0 Å². The molecule has 0 spiro atoms. The van der Waals surface area contributed by atoms with Gasteiger partial charge in [0.1, 0.15) is 0 Å². The molecule has 0 bridgehead atoms. The van der Waals surface area contributed by atoms with E-state index in [9.17, 15) is 5.11 Å². The molecular formula is C13H16BrNO. The highest BCUT2D eigenvalue weighted by atomic mass is 79.9. The van der Waals surface area contributed by atoms with Crippen LogP contribution in [0.4, 0.5) is 0 Å². The number of aliphatic hydroxyl groups is 1. The van der Waals surface area contributed by atoms with Crippen LogP contribution >= 0.6 is 15.9 Å². The van der Waals surface area contributed by atoms with Crippen LogP contribution in [0.3, 0.4) is 0 Å². The minimum absolute atomic E-state index is 0.292. The fraction of sp³-hybridized carbons (Fsp3) is 0.385. The molecule has 0 saturated carbocycles. The average molecular weight is 282 g/mol. The van der Waals surface area contributed by atoms with E-state index in [1.165, 1.54) is 16.5 Å². The highest BCUT2D eigenvalue weighted by molar-refractivity contribution is 9.10. The summed E-state index contributed by atoms with van der Waals surface area (Å²) < 4.78 is 3.31. The van der Waals surface area contributed by atoms with Gasteiger partial charge in [0.15, 0.2) is 0 Å². The molecule has 1 heterocycles. The lowest BCUT2D eigenvalue weighted by atomic mass is 10.1. The molecule has 0 aliphatic rings. The second-order valence-electron chi connectivity index (χ2n) is 4.15. The van der Waals surface area contributed by atoms with Gasteiger partial charge in [-0.2, -0.15) is 0 Å². The van der Waals surface area contributed by atoms with Gasteiger partial charge in [-0.3, -0.25) is 0 Å². The predicted octanol–water partition coefficient (Wildman–Crippen LogP) is 3.35. The number of rotatable bonds is 3. The largest absolute Gasteiger partial charge is 0.393 e. The molecule has 0 aliphatic heterocycles. The van der Waals surface area contributed by atoms with Crippen LogP contribution in [0.1, 0.15) is 19.4 Å². The Labute approximate surface area is 104 Å². The zero-order chi connectivity index (χ0) is 11.7. The van der Waals surface area contributed by atoms with Crippen molar-refractivity contribution in [1.29, 1.82) is 0 Å². The molecule has 1 atom stereocenters. The lowest BCUT2D eigenvalue weighted by molar-refractivity contribution is 0.196. The SMILES string of the molecule is CCn1cc(CC(C)O)c2ccc(Br)cc21. The summed E-state index contributed by atoms with van der Waals surface area (Å²) in [6.07, 6.45) is 2.56. The third kappa shape index (κ3) is 2.15. The van der Waals surface area contributed by atoms with Gasteiger partial charge in [0.05, 0.1) is 6.10 Å². The first-order valence-corrected chi connectivity index (χ1v) is 6.36. The first-order chi connectivity index (χ1) is 7.61. The monoisotopic (exact) mass is 281 g/mol. The number of nitrogens with zero attached hydrogens (tertiary/aromatic N) is 1. The Morgan fingerprint density at radius 2 is 2.19 bits per heavy atom. The fourth-order valence-electron chi connectivity index (χ4n) is 2.08. The average Bonchev–Trinajstić information content (AvgIpc) is 2.55. The summed E-state index contributed by atoms with van der Waals surface area (Å²) in [6.45, 7) is 4.91. The quantitative estimate of drug-likeness (QED) is 0.917. The Hall–Kier alpha value is -0.800. The maximum absolute atomic E-state index is 9.48.